The fraction of sp³-hybridized carbons (Fsp3) is 0.647. The molecular weight excluding hydrogens is 236 g/mol. The van der Waals surface area contributed by atoms with Crippen molar-refractivity contribution in [3.63, 3.8) is 0 Å². The number of hydrogen-bond donors (Lipinski definition) is 1. The molecule has 0 aliphatic heterocycles. The van der Waals surface area contributed by atoms with E-state index in [1.807, 2.05) is 0 Å². The van der Waals surface area contributed by atoms with Gasteiger partial charge in [-0.2, -0.15) is 0 Å². The van der Waals surface area contributed by atoms with Crippen LogP contribution in [0.15, 0.2) is 24.3 Å². The molecule has 2 rings (SSSR count). The third-order valence-corrected chi connectivity index (χ3v) is 4.33. The van der Waals surface area contributed by atoms with Crippen LogP contribution in [0, 0.1) is 12.8 Å². The van der Waals surface area contributed by atoms with Gasteiger partial charge in [-0.15, -0.1) is 0 Å². The minimum absolute atomic E-state index is 0.0124. The van der Waals surface area contributed by atoms with Crippen LogP contribution >= 0.6 is 0 Å². The van der Waals surface area contributed by atoms with Crippen LogP contribution in [0.2, 0.25) is 0 Å². The van der Waals surface area contributed by atoms with E-state index in [-0.39, 0.29) is 6.10 Å². The molecule has 1 aromatic carbocycles. The number of hydrogen-bond acceptors (Lipinski definition) is 2. The lowest BCUT2D eigenvalue weighted by Crippen LogP contribution is -2.37. The molecule has 1 fully saturated rings. The second-order valence-corrected chi connectivity index (χ2v) is 5.86. The third-order valence-electron chi connectivity index (χ3n) is 4.33. The molecule has 0 radical (unpaired) electrons. The molecule has 0 bridgehead atoms. The Morgan fingerprint density at radius 3 is 2.37 bits per heavy atom. The summed E-state index contributed by atoms with van der Waals surface area (Å²) in [5.74, 6) is 0.527. The molecule has 1 aliphatic carbocycles. The van der Waals surface area contributed by atoms with Crippen LogP contribution in [-0.2, 0) is 11.2 Å². The van der Waals surface area contributed by atoms with Crippen LogP contribution in [0.25, 0.3) is 0 Å². The van der Waals surface area contributed by atoms with Gasteiger partial charge in [-0.1, -0.05) is 49.1 Å². The number of aryl methyl sites for hydroxylation is 1. The highest BCUT2D eigenvalue weighted by atomic mass is 16.5. The van der Waals surface area contributed by atoms with Gasteiger partial charge < -0.3 is 9.84 Å². The number of benzene rings is 1. The van der Waals surface area contributed by atoms with Crippen molar-refractivity contribution in [2.45, 2.75) is 57.7 Å². The normalized spacial score (nSPS) is 20.2. The van der Waals surface area contributed by atoms with Crippen LogP contribution in [0.1, 0.15) is 43.2 Å². The monoisotopic (exact) mass is 262 g/mol. The van der Waals surface area contributed by atoms with Crippen LogP contribution < -0.4 is 0 Å². The second kappa shape index (κ2) is 7.06. The van der Waals surface area contributed by atoms with Crippen LogP contribution in [-0.4, -0.2) is 24.4 Å². The molecule has 0 heterocycles. The third kappa shape index (κ3) is 4.05. The minimum atomic E-state index is -0.393. The zero-order chi connectivity index (χ0) is 13.7. The molecule has 19 heavy (non-hydrogen) atoms. The fourth-order valence-corrected chi connectivity index (χ4v) is 3.21. The van der Waals surface area contributed by atoms with Gasteiger partial charge in [-0.25, -0.2) is 0 Å². The molecule has 0 amide bonds. The lowest BCUT2D eigenvalue weighted by Gasteiger charge is -2.32. The molecule has 106 valence electrons. The van der Waals surface area contributed by atoms with E-state index >= 15 is 0 Å². The summed E-state index contributed by atoms with van der Waals surface area (Å²) in [5.41, 5.74) is 2.45. The van der Waals surface area contributed by atoms with E-state index in [2.05, 4.69) is 31.2 Å². The Kier molecular flexibility index (Phi) is 5.41. The fourth-order valence-electron chi connectivity index (χ4n) is 3.21. The summed E-state index contributed by atoms with van der Waals surface area (Å²) >= 11 is 0. The first-order valence-corrected chi connectivity index (χ1v) is 7.47. The van der Waals surface area contributed by atoms with Crippen molar-refractivity contribution in [3.8, 4) is 0 Å². The molecule has 1 saturated carbocycles. The van der Waals surface area contributed by atoms with Gasteiger partial charge in [-0.3, -0.25) is 0 Å². The summed E-state index contributed by atoms with van der Waals surface area (Å²) in [4.78, 5) is 0. The predicted octanol–water partition coefficient (Wildman–Crippen LogP) is 3.49. The van der Waals surface area contributed by atoms with Crippen molar-refractivity contribution < 1.29 is 9.84 Å². The van der Waals surface area contributed by atoms with E-state index in [0.29, 0.717) is 12.3 Å². The van der Waals surface area contributed by atoms with Gasteiger partial charge in [0.05, 0.1) is 12.2 Å². The van der Waals surface area contributed by atoms with Crippen molar-refractivity contribution in [2.24, 2.45) is 5.92 Å². The summed E-state index contributed by atoms with van der Waals surface area (Å²) in [7, 11) is 1.73. The number of ether oxygens (including phenoxy) is 1. The summed E-state index contributed by atoms with van der Waals surface area (Å²) in [6.45, 7) is 2.08. The van der Waals surface area contributed by atoms with Crippen LogP contribution in [0.3, 0.4) is 0 Å². The Morgan fingerprint density at radius 1 is 1.16 bits per heavy atom. The Balaban J connectivity index is 1.95. The average molecular weight is 262 g/mol. The smallest absolute Gasteiger partial charge is 0.0861 e. The van der Waals surface area contributed by atoms with E-state index in [9.17, 15) is 5.11 Å². The molecule has 1 aliphatic rings. The maximum Gasteiger partial charge on any atom is 0.0861 e. The van der Waals surface area contributed by atoms with Gasteiger partial charge in [0, 0.05) is 13.5 Å². The lowest BCUT2D eigenvalue weighted by atomic mass is 9.82. The van der Waals surface area contributed by atoms with Crippen LogP contribution in [0.5, 0.6) is 0 Å². The highest BCUT2D eigenvalue weighted by molar-refractivity contribution is 5.22. The molecule has 1 N–H and O–H groups in total. The quantitative estimate of drug-likeness (QED) is 0.880. The summed E-state index contributed by atoms with van der Waals surface area (Å²) in [5, 5.41) is 10.5. The van der Waals surface area contributed by atoms with Gasteiger partial charge in [-0.05, 0) is 31.2 Å². The Labute approximate surface area is 116 Å². The standard InChI is InChI=1S/C17H26O2/c1-13-8-10-14(11-9-13)12-16(18)17(19-2)15-6-4-3-5-7-15/h8-11,15-18H,3-7,12H2,1-2H3. The van der Waals surface area contributed by atoms with E-state index in [1.165, 1.54) is 43.2 Å². The van der Waals surface area contributed by atoms with Crippen molar-refractivity contribution >= 4 is 0 Å². The van der Waals surface area contributed by atoms with Crippen molar-refractivity contribution in [1.29, 1.82) is 0 Å². The van der Waals surface area contributed by atoms with E-state index < -0.39 is 6.10 Å². The van der Waals surface area contributed by atoms with E-state index in [1.54, 1.807) is 7.11 Å². The van der Waals surface area contributed by atoms with Gasteiger partial charge in [0.2, 0.25) is 0 Å². The van der Waals surface area contributed by atoms with Gasteiger partial charge in [0.15, 0.2) is 0 Å². The first-order chi connectivity index (χ1) is 9.20. The molecule has 2 atom stereocenters. The molecule has 1 aromatic rings. The molecule has 0 spiro atoms. The number of aliphatic hydroxyl groups is 1. The Bertz CT molecular complexity index is 365. The Morgan fingerprint density at radius 2 is 1.79 bits per heavy atom. The first-order valence-electron chi connectivity index (χ1n) is 7.47. The highest BCUT2D eigenvalue weighted by Gasteiger charge is 2.29. The first kappa shape index (κ1) is 14.5. The number of aliphatic hydroxyl groups excluding tert-OH is 1. The topological polar surface area (TPSA) is 29.5 Å². The largest absolute Gasteiger partial charge is 0.390 e. The molecule has 0 saturated heterocycles. The average Bonchev–Trinajstić information content (AvgIpc) is 2.43. The minimum Gasteiger partial charge on any atom is -0.390 e. The molecule has 2 nitrogen and oxygen atoms in total. The zero-order valence-electron chi connectivity index (χ0n) is 12.1. The maximum absolute atomic E-state index is 10.5. The lowest BCUT2D eigenvalue weighted by molar-refractivity contribution is -0.0535. The van der Waals surface area contributed by atoms with Crippen molar-refractivity contribution in [2.75, 3.05) is 7.11 Å². The maximum atomic E-state index is 10.5. The SMILES string of the molecule is COC(C(O)Cc1ccc(C)cc1)C1CCCCC1. The van der Waals surface area contributed by atoms with Crippen molar-refractivity contribution in [1.82, 2.24) is 0 Å². The zero-order valence-corrected chi connectivity index (χ0v) is 12.1. The Hall–Kier alpha value is -0.860. The summed E-state index contributed by atoms with van der Waals surface area (Å²) in [6, 6.07) is 8.41. The molecule has 2 heteroatoms. The highest BCUT2D eigenvalue weighted by Crippen LogP contribution is 2.30. The molecule has 2 unspecified atom stereocenters. The van der Waals surface area contributed by atoms with E-state index in [4.69, 9.17) is 4.74 Å². The molecular formula is C17H26O2. The number of methoxy groups -OCH3 is 1. The van der Waals surface area contributed by atoms with Gasteiger partial charge in [0.1, 0.15) is 0 Å². The summed E-state index contributed by atoms with van der Waals surface area (Å²) < 4.78 is 5.60. The van der Waals surface area contributed by atoms with Crippen LogP contribution in [0.4, 0.5) is 0 Å². The predicted molar refractivity (Wildman–Crippen MR) is 78.3 cm³/mol. The molecule has 0 aromatic heterocycles. The van der Waals surface area contributed by atoms with Crippen molar-refractivity contribution in [3.05, 3.63) is 35.4 Å². The second-order valence-electron chi connectivity index (χ2n) is 5.86. The summed E-state index contributed by atoms with van der Waals surface area (Å²) in [6.07, 6.45) is 6.57. The van der Waals surface area contributed by atoms with E-state index in [0.717, 1.165) is 0 Å². The van der Waals surface area contributed by atoms with Gasteiger partial charge in [0.25, 0.3) is 0 Å². The van der Waals surface area contributed by atoms with Gasteiger partial charge >= 0.3 is 0 Å². The number of rotatable bonds is 5.